The summed E-state index contributed by atoms with van der Waals surface area (Å²) in [5, 5.41) is 3.16. The quantitative estimate of drug-likeness (QED) is 0.877. The number of rotatable bonds is 5. The fraction of sp³-hybridized carbons (Fsp3) is 0.500. The van der Waals surface area contributed by atoms with Crippen LogP contribution in [0.3, 0.4) is 0 Å². The number of amides is 1. The molecule has 0 aromatic carbocycles. The first-order valence-corrected chi connectivity index (χ1v) is 9.82. The molecular formula is C20H26N6O. The molecule has 1 atom stereocenters. The minimum atomic E-state index is 0.164. The Morgan fingerprint density at radius 1 is 1.04 bits per heavy atom. The smallest absolute Gasteiger partial charge is 0.236 e. The molecule has 2 aromatic heterocycles. The van der Waals surface area contributed by atoms with E-state index in [2.05, 4.69) is 20.2 Å². The van der Waals surface area contributed by atoms with Gasteiger partial charge in [-0.05, 0) is 50.4 Å². The first-order valence-electron chi connectivity index (χ1n) is 9.82. The molecule has 2 saturated heterocycles. The molecule has 4 rings (SSSR count). The summed E-state index contributed by atoms with van der Waals surface area (Å²) < 4.78 is 0. The van der Waals surface area contributed by atoms with Gasteiger partial charge in [-0.1, -0.05) is 12.5 Å². The highest BCUT2D eigenvalue weighted by Gasteiger charge is 2.29. The summed E-state index contributed by atoms with van der Waals surface area (Å²) in [6.07, 6.45) is 9.09. The van der Waals surface area contributed by atoms with E-state index in [4.69, 9.17) is 4.98 Å². The molecule has 7 nitrogen and oxygen atoms in total. The van der Waals surface area contributed by atoms with E-state index >= 15 is 0 Å². The SMILES string of the molecule is O=C(CN1CCCC[C@@H]1c1ccnc(Nc2ccccn2)n1)N1CCCC1. The van der Waals surface area contributed by atoms with Gasteiger partial charge in [0, 0.05) is 25.5 Å². The molecule has 0 unspecified atom stereocenters. The van der Waals surface area contributed by atoms with E-state index in [1.807, 2.05) is 29.2 Å². The van der Waals surface area contributed by atoms with Crippen molar-refractivity contribution in [3.63, 3.8) is 0 Å². The predicted octanol–water partition coefficient (Wildman–Crippen LogP) is 2.76. The summed E-state index contributed by atoms with van der Waals surface area (Å²) in [5.41, 5.74) is 0.970. The van der Waals surface area contributed by atoms with Crippen LogP contribution in [0.15, 0.2) is 36.7 Å². The van der Waals surface area contributed by atoms with E-state index in [0.717, 1.165) is 63.3 Å². The highest BCUT2D eigenvalue weighted by atomic mass is 16.2. The van der Waals surface area contributed by atoms with E-state index < -0.39 is 0 Å². The van der Waals surface area contributed by atoms with Crippen molar-refractivity contribution in [2.24, 2.45) is 0 Å². The molecule has 27 heavy (non-hydrogen) atoms. The Morgan fingerprint density at radius 3 is 2.70 bits per heavy atom. The molecular weight excluding hydrogens is 340 g/mol. The number of piperidine rings is 1. The molecule has 1 N–H and O–H groups in total. The predicted molar refractivity (Wildman–Crippen MR) is 104 cm³/mol. The van der Waals surface area contributed by atoms with Gasteiger partial charge in [0.05, 0.1) is 18.3 Å². The highest BCUT2D eigenvalue weighted by Crippen LogP contribution is 2.30. The molecule has 0 aliphatic carbocycles. The fourth-order valence-corrected chi connectivity index (χ4v) is 3.93. The van der Waals surface area contributed by atoms with Gasteiger partial charge in [0.15, 0.2) is 0 Å². The van der Waals surface area contributed by atoms with Gasteiger partial charge in [-0.25, -0.2) is 15.0 Å². The van der Waals surface area contributed by atoms with E-state index in [1.54, 1.807) is 12.4 Å². The Hall–Kier alpha value is -2.54. The normalized spacial score (nSPS) is 20.6. The maximum absolute atomic E-state index is 12.6. The zero-order valence-corrected chi connectivity index (χ0v) is 15.5. The van der Waals surface area contributed by atoms with Crippen LogP contribution in [0.2, 0.25) is 0 Å². The second-order valence-corrected chi connectivity index (χ2v) is 7.22. The fourth-order valence-electron chi connectivity index (χ4n) is 3.93. The summed E-state index contributed by atoms with van der Waals surface area (Å²) >= 11 is 0. The summed E-state index contributed by atoms with van der Waals surface area (Å²) in [7, 11) is 0. The van der Waals surface area contributed by atoms with Crippen LogP contribution in [0.25, 0.3) is 0 Å². The van der Waals surface area contributed by atoms with Crippen molar-refractivity contribution in [2.45, 2.75) is 38.1 Å². The van der Waals surface area contributed by atoms with Crippen LogP contribution in [0.5, 0.6) is 0 Å². The highest BCUT2D eigenvalue weighted by molar-refractivity contribution is 5.78. The average Bonchev–Trinajstić information content (AvgIpc) is 3.24. The third-order valence-corrected chi connectivity index (χ3v) is 5.33. The largest absolute Gasteiger partial charge is 0.342 e. The van der Waals surface area contributed by atoms with Gasteiger partial charge >= 0.3 is 0 Å². The molecule has 0 saturated carbocycles. The Morgan fingerprint density at radius 2 is 1.89 bits per heavy atom. The molecule has 2 fully saturated rings. The number of hydrogen-bond donors (Lipinski definition) is 1. The monoisotopic (exact) mass is 366 g/mol. The standard InChI is InChI=1S/C20H26N6O/c27-19(25-12-5-6-13-25)15-26-14-4-2-7-17(26)16-9-11-22-20(23-16)24-18-8-1-3-10-21-18/h1,3,8-11,17H,2,4-7,12-15H2,(H,21,22,23,24)/t17-/m1/s1. The molecule has 0 radical (unpaired) electrons. The van der Waals surface area contributed by atoms with E-state index in [-0.39, 0.29) is 11.9 Å². The lowest BCUT2D eigenvalue weighted by molar-refractivity contribution is -0.132. The second kappa shape index (κ2) is 8.43. The lowest BCUT2D eigenvalue weighted by atomic mass is 9.99. The summed E-state index contributed by atoms with van der Waals surface area (Å²) in [6.45, 7) is 3.24. The van der Waals surface area contributed by atoms with Crippen molar-refractivity contribution in [1.82, 2.24) is 24.8 Å². The molecule has 0 bridgehead atoms. The van der Waals surface area contributed by atoms with Crippen LogP contribution < -0.4 is 5.32 Å². The number of likely N-dealkylation sites (tertiary alicyclic amines) is 2. The summed E-state index contributed by atoms with van der Waals surface area (Å²) in [6, 6.07) is 7.81. The molecule has 7 heteroatoms. The Bertz CT molecular complexity index is 762. The minimum absolute atomic E-state index is 0.164. The molecule has 0 spiro atoms. The minimum Gasteiger partial charge on any atom is -0.342 e. The van der Waals surface area contributed by atoms with Crippen LogP contribution >= 0.6 is 0 Å². The number of carbonyl (C=O) groups excluding carboxylic acids is 1. The van der Waals surface area contributed by atoms with E-state index in [1.165, 1.54) is 0 Å². The van der Waals surface area contributed by atoms with Crippen molar-refractivity contribution in [2.75, 3.05) is 31.5 Å². The molecule has 4 heterocycles. The van der Waals surface area contributed by atoms with Gasteiger partial charge in [0.25, 0.3) is 0 Å². The van der Waals surface area contributed by atoms with Gasteiger partial charge in [0.2, 0.25) is 11.9 Å². The number of nitrogens with one attached hydrogen (secondary N) is 1. The number of pyridine rings is 1. The lowest BCUT2D eigenvalue weighted by Gasteiger charge is -2.35. The zero-order chi connectivity index (χ0) is 18.5. The topological polar surface area (TPSA) is 74.2 Å². The zero-order valence-electron chi connectivity index (χ0n) is 15.5. The summed E-state index contributed by atoms with van der Waals surface area (Å²) in [5.74, 6) is 1.52. The summed E-state index contributed by atoms with van der Waals surface area (Å²) in [4.78, 5) is 30.2. The van der Waals surface area contributed by atoms with Crippen LogP contribution in [-0.2, 0) is 4.79 Å². The molecule has 2 aromatic rings. The maximum atomic E-state index is 12.6. The molecule has 2 aliphatic heterocycles. The molecule has 1 amide bonds. The first kappa shape index (κ1) is 17.9. The third-order valence-electron chi connectivity index (χ3n) is 5.33. The van der Waals surface area contributed by atoms with Gasteiger partial charge in [-0.2, -0.15) is 0 Å². The maximum Gasteiger partial charge on any atom is 0.236 e. The second-order valence-electron chi connectivity index (χ2n) is 7.22. The lowest BCUT2D eigenvalue weighted by Crippen LogP contribution is -2.42. The molecule has 142 valence electrons. The van der Waals surface area contributed by atoms with Gasteiger partial charge in [0.1, 0.15) is 5.82 Å². The number of nitrogens with zero attached hydrogens (tertiary/aromatic N) is 5. The number of carbonyl (C=O) groups is 1. The average molecular weight is 366 g/mol. The number of aromatic nitrogens is 3. The van der Waals surface area contributed by atoms with Crippen LogP contribution in [0.4, 0.5) is 11.8 Å². The van der Waals surface area contributed by atoms with Crippen molar-refractivity contribution < 1.29 is 4.79 Å². The third kappa shape index (κ3) is 4.42. The number of anilines is 2. The van der Waals surface area contributed by atoms with Gasteiger partial charge in [-0.3, -0.25) is 9.69 Å². The van der Waals surface area contributed by atoms with Crippen molar-refractivity contribution in [3.8, 4) is 0 Å². The van der Waals surface area contributed by atoms with Crippen LogP contribution in [0.1, 0.15) is 43.8 Å². The van der Waals surface area contributed by atoms with Crippen LogP contribution in [0, 0.1) is 0 Å². The van der Waals surface area contributed by atoms with E-state index in [9.17, 15) is 4.79 Å². The Labute approximate surface area is 159 Å². The van der Waals surface area contributed by atoms with Gasteiger partial charge in [-0.15, -0.1) is 0 Å². The van der Waals surface area contributed by atoms with Gasteiger partial charge < -0.3 is 10.2 Å². The van der Waals surface area contributed by atoms with Crippen molar-refractivity contribution in [1.29, 1.82) is 0 Å². The van der Waals surface area contributed by atoms with Crippen LogP contribution in [-0.4, -0.2) is 56.8 Å². The molecule has 2 aliphatic rings. The van der Waals surface area contributed by atoms with E-state index in [0.29, 0.717) is 12.5 Å². The van der Waals surface area contributed by atoms with Crippen molar-refractivity contribution in [3.05, 3.63) is 42.4 Å². The Balaban J connectivity index is 1.48. The number of hydrogen-bond acceptors (Lipinski definition) is 6. The Kier molecular flexibility index (Phi) is 5.58. The first-order chi connectivity index (χ1) is 13.3. The van der Waals surface area contributed by atoms with Crippen molar-refractivity contribution >= 4 is 17.7 Å².